The molecule has 1 saturated heterocycles. The van der Waals surface area contributed by atoms with Crippen LogP contribution in [0, 0.1) is 0 Å². The molecule has 1 aromatic heterocycles. The van der Waals surface area contributed by atoms with Gasteiger partial charge in [0.05, 0.1) is 6.54 Å². The Bertz CT molecular complexity index is 393. The monoisotopic (exact) mass is 352 g/mol. The summed E-state index contributed by atoms with van der Waals surface area (Å²) in [4.78, 5) is 15.0. The van der Waals surface area contributed by atoms with Crippen LogP contribution in [-0.4, -0.2) is 30.4 Å². The Hall–Kier alpha value is -0.100. The zero-order valence-electron chi connectivity index (χ0n) is 10.3. The second-order valence-corrected chi connectivity index (χ2v) is 6.39. The van der Waals surface area contributed by atoms with Crippen molar-refractivity contribution >= 4 is 45.6 Å². The molecule has 0 aliphatic carbocycles. The molecule has 1 amide bonds. The van der Waals surface area contributed by atoms with Crippen LogP contribution in [-0.2, 0) is 11.3 Å². The quantitative estimate of drug-likeness (QED) is 0.902. The number of halogens is 2. The van der Waals surface area contributed by atoms with Gasteiger partial charge in [-0.1, -0.05) is 0 Å². The average molecular weight is 354 g/mol. The standard InChI is InChI=1S/C12H17BrN2OS.ClH/c1-15(7-11-5-9(13)8-17-11)12(16)6-10-3-2-4-14-10;/h5,8,10,14H,2-4,6-7H2,1H3;1H. The number of carbonyl (C=O) groups is 1. The van der Waals surface area contributed by atoms with Crippen LogP contribution in [0.1, 0.15) is 24.1 Å². The van der Waals surface area contributed by atoms with E-state index >= 15 is 0 Å². The van der Waals surface area contributed by atoms with E-state index in [2.05, 4.69) is 27.3 Å². The first-order valence-electron chi connectivity index (χ1n) is 5.85. The van der Waals surface area contributed by atoms with Crippen molar-refractivity contribution in [3.63, 3.8) is 0 Å². The van der Waals surface area contributed by atoms with Crippen molar-refractivity contribution in [1.29, 1.82) is 0 Å². The summed E-state index contributed by atoms with van der Waals surface area (Å²) in [5, 5.41) is 5.41. The summed E-state index contributed by atoms with van der Waals surface area (Å²) in [5.41, 5.74) is 0. The minimum atomic E-state index is 0. The molecule has 0 radical (unpaired) electrons. The Labute approximate surface area is 126 Å². The third-order valence-electron chi connectivity index (χ3n) is 3.02. The molecule has 1 aliphatic heterocycles. The van der Waals surface area contributed by atoms with Crippen LogP contribution in [0.4, 0.5) is 0 Å². The van der Waals surface area contributed by atoms with Crippen molar-refractivity contribution in [1.82, 2.24) is 10.2 Å². The predicted molar refractivity (Wildman–Crippen MR) is 81.4 cm³/mol. The van der Waals surface area contributed by atoms with E-state index in [-0.39, 0.29) is 18.3 Å². The molecule has 0 saturated carbocycles. The molecule has 18 heavy (non-hydrogen) atoms. The highest BCUT2D eigenvalue weighted by Gasteiger charge is 2.20. The van der Waals surface area contributed by atoms with E-state index in [0.29, 0.717) is 19.0 Å². The van der Waals surface area contributed by atoms with Crippen LogP contribution in [0.25, 0.3) is 0 Å². The maximum Gasteiger partial charge on any atom is 0.224 e. The van der Waals surface area contributed by atoms with E-state index in [1.165, 1.54) is 11.3 Å². The third-order valence-corrected chi connectivity index (χ3v) is 4.71. The molecule has 1 fully saturated rings. The first kappa shape index (κ1) is 16.0. The lowest BCUT2D eigenvalue weighted by Crippen LogP contribution is -2.32. The summed E-state index contributed by atoms with van der Waals surface area (Å²) in [7, 11) is 1.88. The number of thiophene rings is 1. The highest BCUT2D eigenvalue weighted by molar-refractivity contribution is 9.10. The molecular weight excluding hydrogens is 336 g/mol. The number of amides is 1. The summed E-state index contributed by atoms with van der Waals surface area (Å²) in [6.45, 7) is 1.77. The van der Waals surface area contributed by atoms with Crippen molar-refractivity contribution in [2.24, 2.45) is 0 Å². The predicted octanol–water partition coefficient (Wildman–Crippen LogP) is 3.03. The first-order valence-corrected chi connectivity index (χ1v) is 7.52. The number of rotatable bonds is 4. The Balaban J connectivity index is 0.00000162. The topological polar surface area (TPSA) is 32.3 Å². The van der Waals surface area contributed by atoms with Gasteiger partial charge in [0.25, 0.3) is 0 Å². The van der Waals surface area contributed by atoms with E-state index in [1.807, 2.05) is 17.3 Å². The minimum Gasteiger partial charge on any atom is -0.341 e. The van der Waals surface area contributed by atoms with Crippen molar-refractivity contribution in [3.8, 4) is 0 Å². The molecule has 0 bridgehead atoms. The largest absolute Gasteiger partial charge is 0.341 e. The number of carbonyl (C=O) groups excluding carboxylic acids is 1. The van der Waals surface area contributed by atoms with Crippen LogP contribution in [0.15, 0.2) is 15.9 Å². The number of nitrogens with one attached hydrogen (secondary N) is 1. The van der Waals surface area contributed by atoms with Gasteiger partial charge in [0, 0.05) is 34.2 Å². The summed E-state index contributed by atoms with van der Waals surface area (Å²) in [6, 6.07) is 2.46. The molecule has 2 rings (SSSR count). The minimum absolute atomic E-state index is 0. The molecular formula is C12H18BrClN2OS. The van der Waals surface area contributed by atoms with E-state index in [9.17, 15) is 4.79 Å². The van der Waals surface area contributed by atoms with Crippen LogP contribution in [0.5, 0.6) is 0 Å². The molecule has 0 spiro atoms. The molecule has 2 heterocycles. The van der Waals surface area contributed by atoms with Gasteiger partial charge in [-0.2, -0.15) is 0 Å². The molecule has 6 heteroatoms. The fraction of sp³-hybridized carbons (Fsp3) is 0.583. The van der Waals surface area contributed by atoms with E-state index in [1.54, 1.807) is 11.3 Å². The fourth-order valence-corrected chi connectivity index (χ4v) is 3.56. The zero-order valence-corrected chi connectivity index (χ0v) is 13.5. The molecule has 1 N–H and O–H groups in total. The lowest BCUT2D eigenvalue weighted by Gasteiger charge is -2.18. The van der Waals surface area contributed by atoms with Crippen molar-refractivity contribution < 1.29 is 4.79 Å². The van der Waals surface area contributed by atoms with Gasteiger partial charge in [-0.15, -0.1) is 23.7 Å². The van der Waals surface area contributed by atoms with Crippen LogP contribution in [0.3, 0.4) is 0 Å². The number of hydrogen-bond donors (Lipinski definition) is 1. The molecule has 3 nitrogen and oxygen atoms in total. The molecule has 1 unspecified atom stereocenters. The van der Waals surface area contributed by atoms with Gasteiger partial charge < -0.3 is 10.2 Å². The maximum absolute atomic E-state index is 12.0. The van der Waals surface area contributed by atoms with Crippen molar-refractivity contribution in [2.45, 2.75) is 31.8 Å². The van der Waals surface area contributed by atoms with E-state index in [4.69, 9.17) is 0 Å². The lowest BCUT2D eigenvalue weighted by atomic mass is 10.1. The van der Waals surface area contributed by atoms with Crippen molar-refractivity contribution in [3.05, 3.63) is 20.8 Å². The fourth-order valence-electron chi connectivity index (χ4n) is 2.06. The normalized spacial score (nSPS) is 18.4. The Morgan fingerprint density at radius 3 is 3.00 bits per heavy atom. The van der Waals surface area contributed by atoms with Gasteiger partial charge >= 0.3 is 0 Å². The first-order chi connectivity index (χ1) is 8.15. The van der Waals surface area contributed by atoms with E-state index in [0.717, 1.165) is 17.4 Å². The highest BCUT2D eigenvalue weighted by atomic mass is 79.9. The summed E-state index contributed by atoms with van der Waals surface area (Å²) >= 11 is 5.11. The Kier molecular flexibility index (Phi) is 6.63. The lowest BCUT2D eigenvalue weighted by molar-refractivity contribution is -0.130. The summed E-state index contributed by atoms with van der Waals surface area (Å²) in [5.74, 6) is 0.230. The van der Waals surface area contributed by atoms with Crippen molar-refractivity contribution in [2.75, 3.05) is 13.6 Å². The molecule has 0 aromatic carbocycles. The van der Waals surface area contributed by atoms with Crippen LogP contribution >= 0.6 is 39.7 Å². The third kappa shape index (κ3) is 4.53. The number of hydrogen-bond acceptors (Lipinski definition) is 3. The smallest absolute Gasteiger partial charge is 0.224 e. The molecule has 1 aliphatic rings. The molecule has 1 aromatic rings. The zero-order chi connectivity index (χ0) is 12.3. The van der Waals surface area contributed by atoms with Gasteiger partial charge in [-0.05, 0) is 41.4 Å². The van der Waals surface area contributed by atoms with Gasteiger partial charge in [-0.3, -0.25) is 4.79 Å². The average Bonchev–Trinajstić information content (AvgIpc) is 2.90. The summed E-state index contributed by atoms with van der Waals surface area (Å²) < 4.78 is 1.09. The Morgan fingerprint density at radius 1 is 1.67 bits per heavy atom. The van der Waals surface area contributed by atoms with Crippen LogP contribution < -0.4 is 5.32 Å². The van der Waals surface area contributed by atoms with Gasteiger partial charge in [-0.25, -0.2) is 0 Å². The second kappa shape index (κ2) is 7.48. The van der Waals surface area contributed by atoms with Gasteiger partial charge in [0.15, 0.2) is 0 Å². The van der Waals surface area contributed by atoms with Gasteiger partial charge in [0.1, 0.15) is 0 Å². The SMILES string of the molecule is CN(Cc1cc(Br)cs1)C(=O)CC1CCCN1.Cl. The van der Waals surface area contributed by atoms with Crippen LogP contribution in [0.2, 0.25) is 0 Å². The highest BCUT2D eigenvalue weighted by Crippen LogP contribution is 2.21. The Morgan fingerprint density at radius 2 is 2.44 bits per heavy atom. The van der Waals surface area contributed by atoms with Gasteiger partial charge in [0.2, 0.25) is 5.91 Å². The molecule has 1 atom stereocenters. The maximum atomic E-state index is 12.0. The summed E-state index contributed by atoms with van der Waals surface area (Å²) in [6.07, 6.45) is 2.95. The van der Waals surface area contributed by atoms with E-state index < -0.39 is 0 Å². The molecule has 102 valence electrons. The number of nitrogens with zero attached hydrogens (tertiary/aromatic N) is 1. The second-order valence-electron chi connectivity index (χ2n) is 4.48.